The average molecular weight is 352 g/mol. The molecule has 2 aliphatic rings. The van der Waals surface area contributed by atoms with Crippen LogP contribution in [0.4, 0.5) is 0 Å². The van der Waals surface area contributed by atoms with E-state index in [0.29, 0.717) is 31.0 Å². The number of hydrogen-bond donors (Lipinski definition) is 0. The first-order valence-corrected chi connectivity index (χ1v) is 8.78. The smallest absolute Gasteiger partial charge is 0.274 e. The quantitative estimate of drug-likeness (QED) is 0.802. The monoisotopic (exact) mass is 352 g/mol. The number of piperidine rings is 1. The summed E-state index contributed by atoms with van der Waals surface area (Å²) in [7, 11) is 0. The molecule has 2 fully saturated rings. The van der Waals surface area contributed by atoms with E-state index in [1.54, 1.807) is 12.4 Å². The summed E-state index contributed by atoms with van der Waals surface area (Å²) in [6, 6.07) is 0. The molecule has 134 valence electrons. The van der Waals surface area contributed by atoms with Crippen molar-refractivity contribution in [1.82, 2.24) is 29.7 Å². The maximum atomic E-state index is 12.7. The molecule has 8 nitrogen and oxygen atoms in total. The minimum atomic E-state index is -0.0904. The highest BCUT2D eigenvalue weighted by Crippen LogP contribution is 2.39. The van der Waals surface area contributed by atoms with Crippen LogP contribution in [-0.2, 0) is 0 Å². The SMILES string of the molecule is O=C(c1cnccn1)N1CCC[C@]2(CCN(C(=O)c3cnccn3)C2)C1. The highest BCUT2D eigenvalue weighted by Gasteiger charge is 2.44. The fourth-order valence-corrected chi connectivity index (χ4v) is 3.97. The fourth-order valence-electron chi connectivity index (χ4n) is 3.97. The Morgan fingerprint density at radius 2 is 1.38 bits per heavy atom. The van der Waals surface area contributed by atoms with Crippen LogP contribution in [0, 0.1) is 5.41 Å². The first-order chi connectivity index (χ1) is 12.7. The Bertz CT molecular complexity index is 800. The van der Waals surface area contributed by atoms with Crippen LogP contribution in [0.1, 0.15) is 40.2 Å². The molecule has 8 heteroatoms. The van der Waals surface area contributed by atoms with Gasteiger partial charge in [0.25, 0.3) is 11.8 Å². The standard InChI is InChI=1S/C18H20N6O2/c25-16(14-10-19-4-6-21-14)23-8-1-2-18(12-23)3-9-24(13-18)17(26)15-11-20-5-7-22-15/h4-7,10-11H,1-3,8-9,12-13H2/t18-/m0/s1. The van der Waals surface area contributed by atoms with Gasteiger partial charge in [0.15, 0.2) is 0 Å². The van der Waals surface area contributed by atoms with Crippen molar-refractivity contribution in [2.24, 2.45) is 5.41 Å². The molecule has 0 radical (unpaired) electrons. The second-order valence-corrected chi connectivity index (χ2v) is 6.99. The molecular formula is C18H20N6O2. The number of nitrogens with zero attached hydrogens (tertiary/aromatic N) is 6. The molecule has 1 atom stereocenters. The number of hydrogen-bond acceptors (Lipinski definition) is 6. The van der Waals surface area contributed by atoms with Crippen LogP contribution in [0.15, 0.2) is 37.2 Å². The predicted octanol–water partition coefficient (Wildman–Crippen LogP) is 1.04. The van der Waals surface area contributed by atoms with Gasteiger partial charge >= 0.3 is 0 Å². The van der Waals surface area contributed by atoms with Crippen molar-refractivity contribution < 1.29 is 9.59 Å². The van der Waals surface area contributed by atoms with Crippen LogP contribution in [0.25, 0.3) is 0 Å². The molecule has 26 heavy (non-hydrogen) atoms. The van der Waals surface area contributed by atoms with E-state index in [0.717, 1.165) is 25.8 Å². The van der Waals surface area contributed by atoms with Gasteiger partial charge in [-0.2, -0.15) is 0 Å². The lowest BCUT2D eigenvalue weighted by molar-refractivity contribution is 0.0510. The Morgan fingerprint density at radius 3 is 1.92 bits per heavy atom. The van der Waals surface area contributed by atoms with E-state index in [2.05, 4.69) is 19.9 Å². The molecule has 0 unspecified atom stereocenters. The van der Waals surface area contributed by atoms with Gasteiger partial charge in [-0.15, -0.1) is 0 Å². The lowest BCUT2D eigenvalue weighted by Crippen LogP contribution is -2.48. The Morgan fingerprint density at radius 1 is 0.808 bits per heavy atom. The third-order valence-electron chi connectivity index (χ3n) is 5.24. The molecule has 1 spiro atoms. The fraction of sp³-hybridized carbons (Fsp3) is 0.444. The minimum absolute atomic E-state index is 0.0476. The number of likely N-dealkylation sites (tertiary alicyclic amines) is 2. The number of carbonyl (C=O) groups excluding carboxylic acids is 2. The number of amides is 2. The third kappa shape index (κ3) is 3.14. The first-order valence-electron chi connectivity index (χ1n) is 8.78. The van der Waals surface area contributed by atoms with Crippen molar-refractivity contribution in [2.75, 3.05) is 26.2 Å². The zero-order chi connectivity index (χ0) is 18.0. The van der Waals surface area contributed by atoms with Crippen LogP contribution in [0.3, 0.4) is 0 Å². The molecular weight excluding hydrogens is 332 g/mol. The summed E-state index contributed by atoms with van der Waals surface area (Å²) in [5.41, 5.74) is 0.691. The van der Waals surface area contributed by atoms with Crippen molar-refractivity contribution in [1.29, 1.82) is 0 Å². The number of rotatable bonds is 2. The van der Waals surface area contributed by atoms with Crippen LogP contribution in [0.2, 0.25) is 0 Å². The molecule has 2 amide bonds. The van der Waals surface area contributed by atoms with Gasteiger partial charge in [-0.1, -0.05) is 0 Å². The van der Waals surface area contributed by atoms with Crippen LogP contribution in [0.5, 0.6) is 0 Å². The Labute approximate surface area is 151 Å². The van der Waals surface area contributed by atoms with Gasteiger partial charge < -0.3 is 9.80 Å². The molecule has 2 aromatic heterocycles. The summed E-state index contributed by atoms with van der Waals surface area (Å²) >= 11 is 0. The molecule has 4 rings (SSSR count). The van der Waals surface area contributed by atoms with Crippen LogP contribution >= 0.6 is 0 Å². The van der Waals surface area contributed by atoms with Gasteiger partial charge in [0.1, 0.15) is 11.4 Å². The molecule has 0 saturated carbocycles. The molecule has 0 N–H and O–H groups in total. The zero-order valence-corrected chi connectivity index (χ0v) is 14.4. The van der Waals surface area contributed by atoms with E-state index in [1.807, 2.05) is 9.80 Å². The Hall–Kier alpha value is -2.90. The molecule has 0 aromatic carbocycles. The Balaban J connectivity index is 1.46. The van der Waals surface area contributed by atoms with E-state index in [-0.39, 0.29) is 17.2 Å². The van der Waals surface area contributed by atoms with Crippen molar-refractivity contribution in [3.63, 3.8) is 0 Å². The van der Waals surface area contributed by atoms with E-state index in [4.69, 9.17) is 0 Å². The summed E-state index contributed by atoms with van der Waals surface area (Å²) < 4.78 is 0. The van der Waals surface area contributed by atoms with Gasteiger partial charge in [0.05, 0.1) is 12.4 Å². The third-order valence-corrected chi connectivity index (χ3v) is 5.24. The molecule has 0 aliphatic carbocycles. The van der Waals surface area contributed by atoms with Crippen molar-refractivity contribution in [2.45, 2.75) is 19.3 Å². The zero-order valence-electron chi connectivity index (χ0n) is 14.4. The topological polar surface area (TPSA) is 92.2 Å². The summed E-state index contributed by atoms with van der Waals surface area (Å²) in [4.78, 5) is 45.2. The van der Waals surface area contributed by atoms with E-state index >= 15 is 0 Å². The van der Waals surface area contributed by atoms with Crippen LogP contribution in [-0.4, -0.2) is 67.7 Å². The van der Waals surface area contributed by atoms with E-state index in [9.17, 15) is 9.59 Å². The van der Waals surface area contributed by atoms with E-state index in [1.165, 1.54) is 24.8 Å². The summed E-state index contributed by atoms with van der Waals surface area (Å²) in [6.07, 6.45) is 12.0. The van der Waals surface area contributed by atoms with Gasteiger partial charge in [0, 0.05) is 56.4 Å². The first kappa shape index (κ1) is 16.6. The van der Waals surface area contributed by atoms with Gasteiger partial charge in [-0.05, 0) is 19.3 Å². The number of carbonyl (C=O) groups is 2. The molecule has 2 saturated heterocycles. The van der Waals surface area contributed by atoms with E-state index < -0.39 is 0 Å². The van der Waals surface area contributed by atoms with Crippen molar-refractivity contribution in [3.05, 3.63) is 48.6 Å². The minimum Gasteiger partial charge on any atom is -0.337 e. The largest absolute Gasteiger partial charge is 0.337 e. The maximum Gasteiger partial charge on any atom is 0.274 e. The van der Waals surface area contributed by atoms with Crippen molar-refractivity contribution >= 4 is 11.8 Å². The summed E-state index contributed by atoms with van der Waals surface area (Å²) in [6.45, 7) is 2.69. The molecule has 0 bridgehead atoms. The molecule has 2 aliphatic heterocycles. The predicted molar refractivity (Wildman–Crippen MR) is 92.2 cm³/mol. The number of aromatic nitrogens is 4. The average Bonchev–Trinajstić information content (AvgIpc) is 3.11. The van der Waals surface area contributed by atoms with Crippen LogP contribution < -0.4 is 0 Å². The highest BCUT2D eigenvalue weighted by molar-refractivity contribution is 5.93. The second-order valence-electron chi connectivity index (χ2n) is 6.99. The second kappa shape index (κ2) is 6.78. The summed E-state index contributed by atoms with van der Waals surface area (Å²) in [5.74, 6) is -0.178. The molecule has 2 aromatic rings. The lowest BCUT2D eigenvalue weighted by Gasteiger charge is -2.40. The lowest BCUT2D eigenvalue weighted by atomic mass is 9.79. The summed E-state index contributed by atoms with van der Waals surface area (Å²) in [5, 5.41) is 0. The Kier molecular flexibility index (Phi) is 4.32. The van der Waals surface area contributed by atoms with Gasteiger partial charge in [-0.3, -0.25) is 19.6 Å². The molecule has 4 heterocycles. The van der Waals surface area contributed by atoms with Crippen molar-refractivity contribution in [3.8, 4) is 0 Å². The maximum absolute atomic E-state index is 12.7. The highest BCUT2D eigenvalue weighted by atomic mass is 16.2. The van der Waals surface area contributed by atoms with Gasteiger partial charge in [0.2, 0.25) is 0 Å². The van der Waals surface area contributed by atoms with Gasteiger partial charge in [-0.25, -0.2) is 9.97 Å². The normalized spacial score (nSPS) is 22.6.